The number of aliphatic carboxylic acids is 1. The third-order valence-corrected chi connectivity index (χ3v) is 8.44. The molecule has 4 rings (SSSR count). The summed E-state index contributed by atoms with van der Waals surface area (Å²) in [6.07, 6.45) is 5.14. The number of carboxylic acid groups (broad SMARTS) is 1. The number of alkyl halides is 1. The summed E-state index contributed by atoms with van der Waals surface area (Å²) in [5.41, 5.74) is 2.11. The van der Waals surface area contributed by atoms with E-state index in [1.54, 1.807) is 18.2 Å². The quantitative estimate of drug-likeness (QED) is 0.234. The van der Waals surface area contributed by atoms with Crippen LogP contribution in [0.4, 0.5) is 10.2 Å². The monoisotopic (exact) mass is 595 g/mol. The molecular formula is C32H42FN5O5. The first-order valence-electron chi connectivity index (χ1n) is 15.0. The minimum Gasteiger partial charge on any atom is -0.496 e. The number of unbranched alkanes of at least 4 members (excludes halogenated alkanes) is 1. The van der Waals surface area contributed by atoms with Gasteiger partial charge in [0.15, 0.2) is 0 Å². The van der Waals surface area contributed by atoms with Crippen LogP contribution < -0.4 is 15.4 Å². The van der Waals surface area contributed by atoms with E-state index in [1.165, 1.54) is 19.8 Å². The Bertz CT molecular complexity index is 1310. The molecule has 1 aromatic heterocycles. The van der Waals surface area contributed by atoms with Crippen molar-refractivity contribution in [3.8, 4) is 11.8 Å². The predicted octanol–water partition coefficient (Wildman–Crippen LogP) is 3.62. The number of fused-ring (bicyclic) bond motifs is 1. The molecule has 1 aliphatic heterocycles. The van der Waals surface area contributed by atoms with Gasteiger partial charge in [-0.15, -0.1) is 0 Å². The molecule has 0 spiro atoms. The van der Waals surface area contributed by atoms with Gasteiger partial charge < -0.3 is 30.1 Å². The summed E-state index contributed by atoms with van der Waals surface area (Å²) < 4.78 is 24.3. The standard InChI is InChI=1S/C32H42FN5O5/c1-42-25(19-33)21-38(17-4-3-9-24-12-11-22-8-6-16-35-29(22)36-24)18-13-26(30(39)40)37-31(41)32(14-15-32)28-23(20-34)7-5-10-27(28)43-2/h5,7,10-12,25-26H,3-4,6,8-9,13-19,21H2,1-2H3,(H,35,36)(H,37,41)(H,39,40). The first-order chi connectivity index (χ1) is 20.8. The molecule has 11 heteroatoms. The number of anilines is 1. The summed E-state index contributed by atoms with van der Waals surface area (Å²) >= 11 is 0. The number of rotatable bonds is 17. The molecule has 2 atom stereocenters. The highest BCUT2D eigenvalue weighted by molar-refractivity contribution is 5.95. The third kappa shape index (κ3) is 8.00. The third-order valence-electron chi connectivity index (χ3n) is 8.44. The van der Waals surface area contributed by atoms with Crippen LogP contribution in [-0.2, 0) is 32.6 Å². The van der Waals surface area contributed by atoms with Crippen molar-refractivity contribution < 1.29 is 28.6 Å². The van der Waals surface area contributed by atoms with E-state index >= 15 is 0 Å². The van der Waals surface area contributed by atoms with E-state index in [1.807, 2.05) is 4.90 Å². The molecule has 2 aliphatic rings. The molecule has 1 saturated carbocycles. The Hall–Kier alpha value is -3.75. The van der Waals surface area contributed by atoms with Crippen molar-refractivity contribution in [2.75, 3.05) is 52.4 Å². The van der Waals surface area contributed by atoms with Crippen molar-refractivity contribution in [3.05, 3.63) is 52.7 Å². The molecule has 2 heterocycles. The van der Waals surface area contributed by atoms with Crippen LogP contribution in [-0.4, -0.2) is 86.1 Å². The summed E-state index contributed by atoms with van der Waals surface area (Å²) in [4.78, 5) is 32.5. The van der Waals surface area contributed by atoms with Gasteiger partial charge in [0.05, 0.1) is 30.3 Å². The topological polar surface area (TPSA) is 137 Å². The Morgan fingerprint density at radius 1 is 1.23 bits per heavy atom. The Morgan fingerprint density at radius 3 is 2.72 bits per heavy atom. The van der Waals surface area contributed by atoms with Crippen molar-refractivity contribution in [1.29, 1.82) is 5.26 Å². The van der Waals surface area contributed by atoms with Crippen LogP contribution in [0.25, 0.3) is 0 Å². The van der Waals surface area contributed by atoms with Crippen LogP contribution in [0.5, 0.6) is 5.75 Å². The maximum Gasteiger partial charge on any atom is 0.326 e. The molecule has 1 aromatic carbocycles. The largest absolute Gasteiger partial charge is 0.496 e. The van der Waals surface area contributed by atoms with Gasteiger partial charge in [0, 0.05) is 38.0 Å². The van der Waals surface area contributed by atoms with E-state index < -0.39 is 36.1 Å². The highest BCUT2D eigenvalue weighted by atomic mass is 19.1. The second-order valence-electron chi connectivity index (χ2n) is 11.3. The Kier molecular flexibility index (Phi) is 11.3. The van der Waals surface area contributed by atoms with Crippen LogP contribution in [0.1, 0.15) is 60.9 Å². The zero-order chi connectivity index (χ0) is 30.8. The number of pyridine rings is 1. The lowest BCUT2D eigenvalue weighted by Crippen LogP contribution is -2.48. The molecule has 0 bridgehead atoms. The SMILES string of the molecule is COc1cccc(C#N)c1C1(C(=O)NC(CCN(CCCCc2ccc3c(n2)NCCC3)CC(CF)OC)C(=O)O)CC1. The van der Waals surface area contributed by atoms with E-state index in [4.69, 9.17) is 14.5 Å². The van der Waals surface area contributed by atoms with E-state index in [0.29, 0.717) is 49.4 Å². The number of aromatic nitrogens is 1. The van der Waals surface area contributed by atoms with Crippen molar-refractivity contribution >= 4 is 17.7 Å². The second-order valence-corrected chi connectivity index (χ2v) is 11.3. The number of benzene rings is 1. The Morgan fingerprint density at radius 2 is 2.05 bits per heavy atom. The van der Waals surface area contributed by atoms with Gasteiger partial charge in [-0.1, -0.05) is 12.1 Å². The number of methoxy groups -OCH3 is 2. The minimum absolute atomic E-state index is 0.134. The minimum atomic E-state index is -1.15. The van der Waals surface area contributed by atoms with Crippen molar-refractivity contribution in [1.82, 2.24) is 15.2 Å². The molecule has 3 N–H and O–H groups in total. The number of nitrogens with one attached hydrogen (secondary N) is 2. The van der Waals surface area contributed by atoms with Crippen LogP contribution in [0.3, 0.4) is 0 Å². The second kappa shape index (κ2) is 15.1. The predicted molar refractivity (Wildman–Crippen MR) is 160 cm³/mol. The summed E-state index contributed by atoms with van der Waals surface area (Å²) in [7, 11) is 2.94. The molecule has 232 valence electrons. The number of amides is 1. The zero-order valence-corrected chi connectivity index (χ0v) is 25.0. The van der Waals surface area contributed by atoms with Gasteiger partial charge in [-0.05, 0) is 81.7 Å². The summed E-state index contributed by atoms with van der Waals surface area (Å²) in [6, 6.07) is 10.2. The number of ether oxygens (including phenoxy) is 2. The van der Waals surface area contributed by atoms with Gasteiger partial charge in [-0.3, -0.25) is 4.79 Å². The number of nitrogens with zero attached hydrogens (tertiary/aromatic N) is 3. The molecule has 2 unspecified atom stereocenters. The number of halogens is 1. The highest BCUT2D eigenvalue weighted by Crippen LogP contribution is 2.52. The number of carbonyl (C=O) groups excluding carboxylic acids is 1. The number of hydrogen-bond acceptors (Lipinski definition) is 8. The molecule has 43 heavy (non-hydrogen) atoms. The van der Waals surface area contributed by atoms with E-state index in [2.05, 4.69) is 28.8 Å². The first kappa shape index (κ1) is 32.2. The number of carbonyl (C=O) groups is 2. The molecule has 1 aliphatic carbocycles. The zero-order valence-electron chi connectivity index (χ0n) is 25.0. The normalized spacial score (nSPS) is 16.3. The summed E-state index contributed by atoms with van der Waals surface area (Å²) in [5, 5.41) is 25.7. The van der Waals surface area contributed by atoms with Crippen LogP contribution >= 0.6 is 0 Å². The van der Waals surface area contributed by atoms with Gasteiger partial charge in [0.2, 0.25) is 5.91 Å². The Labute approximate surface area is 252 Å². The fourth-order valence-electron chi connectivity index (χ4n) is 5.79. The number of aryl methyl sites for hydroxylation is 2. The molecule has 0 saturated heterocycles. The van der Waals surface area contributed by atoms with Crippen LogP contribution in [0.2, 0.25) is 0 Å². The van der Waals surface area contributed by atoms with Gasteiger partial charge in [-0.2, -0.15) is 5.26 Å². The molecule has 0 radical (unpaired) electrons. The van der Waals surface area contributed by atoms with Gasteiger partial charge in [0.25, 0.3) is 0 Å². The lowest BCUT2D eigenvalue weighted by atomic mass is 9.89. The number of carboxylic acids is 1. The fourth-order valence-corrected chi connectivity index (χ4v) is 5.79. The Balaban J connectivity index is 1.36. The lowest BCUT2D eigenvalue weighted by molar-refractivity contribution is -0.142. The molecule has 1 amide bonds. The van der Waals surface area contributed by atoms with Crippen molar-refractivity contribution in [2.24, 2.45) is 0 Å². The molecular weight excluding hydrogens is 553 g/mol. The van der Waals surface area contributed by atoms with Gasteiger partial charge in [-0.25, -0.2) is 14.2 Å². The highest BCUT2D eigenvalue weighted by Gasteiger charge is 2.54. The van der Waals surface area contributed by atoms with E-state index in [9.17, 15) is 24.3 Å². The van der Waals surface area contributed by atoms with E-state index in [0.717, 1.165) is 50.2 Å². The maximum absolute atomic E-state index is 13.5. The molecule has 10 nitrogen and oxygen atoms in total. The lowest BCUT2D eigenvalue weighted by Gasteiger charge is -2.28. The first-order valence-corrected chi connectivity index (χ1v) is 15.0. The van der Waals surface area contributed by atoms with Gasteiger partial charge >= 0.3 is 5.97 Å². The van der Waals surface area contributed by atoms with Crippen molar-refractivity contribution in [2.45, 2.75) is 68.9 Å². The molecule has 1 fully saturated rings. The summed E-state index contributed by atoms with van der Waals surface area (Å²) in [6.45, 7) is 1.56. The maximum atomic E-state index is 13.5. The van der Waals surface area contributed by atoms with Crippen LogP contribution in [0.15, 0.2) is 30.3 Å². The van der Waals surface area contributed by atoms with Crippen molar-refractivity contribution in [3.63, 3.8) is 0 Å². The van der Waals surface area contributed by atoms with E-state index in [-0.39, 0.29) is 6.42 Å². The summed E-state index contributed by atoms with van der Waals surface area (Å²) in [5.74, 6) is -0.174. The number of hydrogen-bond donors (Lipinski definition) is 3. The van der Waals surface area contributed by atoms with Gasteiger partial charge in [0.1, 0.15) is 24.3 Å². The number of nitriles is 1. The average molecular weight is 596 g/mol. The van der Waals surface area contributed by atoms with Crippen LogP contribution in [0, 0.1) is 11.3 Å². The smallest absolute Gasteiger partial charge is 0.326 e. The fraction of sp³-hybridized carbons (Fsp3) is 0.562. The average Bonchev–Trinajstić information content (AvgIpc) is 3.84. The molecule has 2 aromatic rings.